The first-order valence-corrected chi connectivity index (χ1v) is 12.3. The number of alkyl halides is 3. The fourth-order valence-electron chi connectivity index (χ4n) is 4.08. The summed E-state index contributed by atoms with van der Waals surface area (Å²) >= 11 is 0. The molecule has 4 aromatic carbocycles. The average molecular weight is 602 g/mol. The molecule has 0 aliphatic carbocycles. The highest BCUT2D eigenvalue weighted by molar-refractivity contribution is 5.98. The molecule has 0 saturated carbocycles. The molecule has 12 heteroatoms. The molecule has 0 aliphatic heterocycles. The van der Waals surface area contributed by atoms with E-state index in [9.17, 15) is 33.0 Å². The van der Waals surface area contributed by atoms with Crippen LogP contribution in [0.3, 0.4) is 0 Å². The van der Waals surface area contributed by atoms with Gasteiger partial charge in [0.05, 0.1) is 46.5 Å². The molecular weight excluding hydrogens is 575 g/mol. The van der Waals surface area contributed by atoms with Crippen molar-refractivity contribution in [2.24, 2.45) is 0 Å². The van der Waals surface area contributed by atoms with Crippen molar-refractivity contribution in [1.29, 1.82) is 0 Å². The lowest BCUT2D eigenvalue weighted by Gasteiger charge is -2.19. The van der Waals surface area contributed by atoms with Crippen molar-refractivity contribution in [2.45, 2.75) is 19.3 Å². The van der Waals surface area contributed by atoms with E-state index in [4.69, 9.17) is 4.74 Å². The number of halogens is 4. The van der Waals surface area contributed by atoms with Gasteiger partial charge in [-0.05, 0) is 65.7 Å². The molecule has 0 radical (unpaired) electrons. The molecule has 0 fully saturated rings. The molecule has 4 aromatic rings. The van der Waals surface area contributed by atoms with Crippen LogP contribution in [-0.2, 0) is 19.3 Å². The average Bonchev–Trinajstić information content (AvgIpc) is 2.94. The highest BCUT2D eigenvalue weighted by Gasteiger charge is 2.31. The van der Waals surface area contributed by atoms with Gasteiger partial charge in [-0.3, -0.25) is 0 Å². The van der Waals surface area contributed by atoms with Crippen molar-refractivity contribution in [3.8, 4) is 5.75 Å². The Morgan fingerprint density at radius 1 is 0.714 bits per heavy atom. The molecule has 0 saturated heterocycles. The summed E-state index contributed by atoms with van der Waals surface area (Å²) in [4.78, 5) is 23.7. The van der Waals surface area contributed by atoms with Gasteiger partial charge in [0, 0.05) is 13.1 Å². The maximum Gasteiger partial charge on any atom is 0.416 e. The Balaban J connectivity index is 0.00000484. The number of rotatable bonds is 11. The zero-order valence-electron chi connectivity index (χ0n) is 22.2. The summed E-state index contributed by atoms with van der Waals surface area (Å²) in [6.07, 6.45) is -4.66. The molecule has 0 unspecified atom stereocenters. The van der Waals surface area contributed by atoms with E-state index >= 15 is 0 Å². The maximum atomic E-state index is 13.5. The number of aromatic carboxylic acids is 2. The van der Waals surface area contributed by atoms with Crippen LogP contribution in [0, 0.1) is 0 Å². The Labute approximate surface area is 245 Å². The Morgan fingerprint density at radius 2 is 1.29 bits per heavy atom. The minimum Gasteiger partial charge on any atom is -0.497 e. The maximum absolute atomic E-state index is 13.5. The van der Waals surface area contributed by atoms with E-state index in [0.29, 0.717) is 18.7 Å². The molecule has 0 heterocycles. The summed E-state index contributed by atoms with van der Waals surface area (Å²) in [5, 5.41) is 28.2. The van der Waals surface area contributed by atoms with Crippen molar-refractivity contribution in [1.82, 2.24) is 5.32 Å². The van der Waals surface area contributed by atoms with E-state index in [-0.39, 0.29) is 46.3 Å². The van der Waals surface area contributed by atoms with E-state index in [1.165, 1.54) is 30.3 Å². The van der Waals surface area contributed by atoms with Gasteiger partial charge in [-0.1, -0.05) is 30.3 Å². The third-order valence-electron chi connectivity index (χ3n) is 6.17. The van der Waals surface area contributed by atoms with Gasteiger partial charge < -0.3 is 30.9 Å². The van der Waals surface area contributed by atoms with Gasteiger partial charge in [-0.25, -0.2) is 9.59 Å². The number of hydrogen-bond donors (Lipinski definition) is 5. The van der Waals surface area contributed by atoms with E-state index in [0.717, 1.165) is 29.5 Å². The number of para-hydroxylation sites is 1. The van der Waals surface area contributed by atoms with E-state index in [1.54, 1.807) is 19.2 Å². The van der Waals surface area contributed by atoms with Crippen LogP contribution in [0.15, 0.2) is 84.9 Å². The molecule has 5 N–H and O–H groups in total. The van der Waals surface area contributed by atoms with Crippen molar-refractivity contribution in [3.05, 3.63) is 113 Å². The molecule has 0 amide bonds. The number of hydrogen-bond acceptors (Lipinski definition) is 6. The Hall–Kier alpha value is -4.74. The molecule has 4 rings (SSSR count). The van der Waals surface area contributed by atoms with Gasteiger partial charge in [0.15, 0.2) is 0 Å². The number of carboxylic acids is 2. The van der Waals surface area contributed by atoms with E-state index in [2.05, 4.69) is 16.0 Å². The number of anilines is 4. The molecule has 8 nitrogen and oxygen atoms in total. The Bertz CT molecular complexity index is 1560. The van der Waals surface area contributed by atoms with Crippen molar-refractivity contribution < 1.29 is 37.7 Å². The first kappa shape index (κ1) is 31.8. The SMILES string of the molecule is COc1ccc(CNCc2ccc(Nc3cc(C(F)(F)F)ccc3Nc3ccccc3C(=O)O)c(C(=O)O)c2)cc1.Cl. The third kappa shape index (κ3) is 7.93. The molecular formula is C30H27ClF3N3O5. The van der Waals surface area contributed by atoms with Crippen LogP contribution in [0.25, 0.3) is 0 Å². The van der Waals surface area contributed by atoms with Crippen LogP contribution in [0.1, 0.15) is 37.4 Å². The summed E-state index contributed by atoms with van der Waals surface area (Å²) in [6, 6.07) is 20.8. The second kappa shape index (κ2) is 13.7. The summed E-state index contributed by atoms with van der Waals surface area (Å²) < 4.78 is 45.8. The van der Waals surface area contributed by atoms with Crippen LogP contribution in [-0.4, -0.2) is 29.3 Å². The first-order chi connectivity index (χ1) is 19.5. The predicted molar refractivity (Wildman–Crippen MR) is 156 cm³/mol. The second-order valence-electron chi connectivity index (χ2n) is 9.00. The molecule has 0 spiro atoms. The van der Waals surface area contributed by atoms with Crippen LogP contribution < -0.4 is 20.7 Å². The standard InChI is InChI=1S/C30H26F3N3O5.ClH/c1-41-21-10-6-18(7-11-21)16-34-17-19-8-12-25(23(14-19)29(39)40)36-27-15-20(30(31,32)33)9-13-26(27)35-24-5-3-2-4-22(24)28(37)38;/h2-15,34-36H,16-17H2,1H3,(H,37,38)(H,39,40);1H. The predicted octanol–water partition coefficient (Wildman–Crippen LogP) is 7.31. The lowest BCUT2D eigenvalue weighted by atomic mass is 10.1. The summed E-state index contributed by atoms with van der Waals surface area (Å²) in [5.74, 6) is -1.77. The summed E-state index contributed by atoms with van der Waals surface area (Å²) in [6.45, 7) is 0.860. The highest BCUT2D eigenvalue weighted by atomic mass is 35.5. The monoisotopic (exact) mass is 601 g/mol. The van der Waals surface area contributed by atoms with Gasteiger partial charge in [0.1, 0.15) is 5.75 Å². The second-order valence-corrected chi connectivity index (χ2v) is 9.00. The largest absolute Gasteiger partial charge is 0.497 e. The minimum atomic E-state index is -4.66. The number of ether oxygens (including phenoxy) is 1. The lowest BCUT2D eigenvalue weighted by Crippen LogP contribution is -2.14. The molecule has 220 valence electrons. The molecule has 0 atom stereocenters. The number of carboxylic acid groups (broad SMARTS) is 2. The fourth-order valence-corrected chi connectivity index (χ4v) is 4.08. The van der Waals surface area contributed by atoms with Gasteiger partial charge in [0.25, 0.3) is 0 Å². The lowest BCUT2D eigenvalue weighted by molar-refractivity contribution is -0.137. The van der Waals surface area contributed by atoms with E-state index in [1.807, 2.05) is 24.3 Å². The van der Waals surface area contributed by atoms with Gasteiger partial charge in [-0.2, -0.15) is 13.2 Å². The topological polar surface area (TPSA) is 120 Å². The van der Waals surface area contributed by atoms with Crippen LogP contribution in [0.2, 0.25) is 0 Å². The highest BCUT2D eigenvalue weighted by Crippen LogP contribution is 2.37. The van der Waals surface area contributed by atoms with Gasteiger partial charge in [-0.15, -0.1) is 12.4 Å². The summed E-state index contributed by atoms with van der Waals surface area (Å²) in [7, 11) is 1.58. The van der Waals surface area contributed by atoms with Crippen molar-refractivity contribution >= 4 is 47.1 Å². The molecule has 0 bridgehead atoms. The minimum absolute atomic E-state index is 0. The number of carbonyl (C=O) groups is 2. The van der Waals surface area contributed by atoms with Crippen molar-refractivity contribution in [3.63, 3.8) is 0 Å². The molecule has 42 heavy (non-hydrogen) atoms. The number of benzene rings is 4. The van der Waals surface area contributed by atoms with Gasteiger partial charge in [0.2, 0.25) is 0 Å². The first-order valence-electron chi connectivity index (χ1n) is 12.3. The van der Waals surface area contributed by atoms with Gasteiger partial charge >= 0.3 is 18.1 Å². The Kier molecular flexibility index (Phi) is 10.4. The number of methoxy groups -OCH3 is 1. The van der Waals surface area contributed by atoms with Crippen molar-refractivity contribution in [2.75, 3.05) is 17.7 Å². The van der Waals surface area contributed by atoms with E-state index < -0.39 is 23.7 Å². The zero-order chi connectivity index (χ0) is 29.6. The normalized spacial score (nSPS) is 10.9. The molecule has 0 aromatic heterocycles. The smallest absolute Gasteiger partial charge is 0.416 e. The third-order valence-corrected chi connectivity index (χ3v) is 6.17. The van der Waals surface area contributed by atoms with Crippen LogP contribution in [0.4, 0.5) is 35.9 Å². The molecule has 0 aliphatic rings. The quantitative estimate of drug-likeness (QED) is 0.121. The Morgan fingerprint density at radius 3 is 1.93 bits per heavy atom. The number of nitrogens with one attached hydrogen (secondary N) is 3. The van der Waals surface area contributed by atoms with Crippen LogP contribution in [0.5, 0.6) is 5.75 Å². The zero-order valence-corrected chi connectivity index (χ0v) is 23.0. The fraction of sp³-hybridized carbons (Fsp3) is 0.133. The van der Waals surface area contributed by atoms with Crippen LogP contribution >= 0.6 is 12.4 Å². The summed E-state index contributed by atoms with van der Waals surface area (Å²) in [5.41, 5.74) is 0.689.